The molecule has 1 aliphatic carbocycles. The molecule has 0 saturated heterocycles. The number of hydrogen-bond donors (Lipinski definition) is 0. The first kappa shape index (κ1) is 11.5. The third-order valence-corrected chi connectivity index (χ3v) is 2.90. The van der Waals surface area contributed by atoms with Crippen LogP contribution < -0.4 is 0 Å². The van der Waals surface area contributed by atoms with Crippen LogP contribution in [-0.4, -0.2) is 12.6 Å². The molecule has 0 aromatic rings. The summed E-state index contributed by atoms with van der Waals surface area (Å²) in [7, 11) is 0. The van der Waals surface area contributed by atoms with Crippen LogP contribution in [-0.2, 0) is 9.53 Å². The number of carbonyl (C=O) groups excluding carboxylic acids is 1. The van der Waals surface area contributed by atoms with Gasteiger partial charge in [-0.15, -0.1) is 0 Å². The molecule has 1 rings (SSSR count). The molecular weight excluding hydrogens is 244 g/mol. The van der Waals surface area contributed by atoms with Crippen molar-refractivity contribution in [1.29, 1.82) is 0 Å². The number of allylic oxidation sites excluding steroid dienone is 2. The number of ether oxygens (including phenoxy) is 1. The first-order valence-electron chi connectivity index (χ1n) is 4.80. The molecule has 0 aromatic carbocycles. The van der Waals surface area contributed by atoms with Crippen LogP contribution in [0.4, 0.5) is 0 Å². The molecule has 78 valence electrons. The second kappa shape index (κ2) is 4.78. The van der Waals surface area contributed by atoms with Gasteiger partial charge in [0.05, 0.1) is 12.2 Å². The minimum absolute atomic E-state index is 0.222. The van der Waals surface area contributed by atoms with Crippen molar-refractivity contribution in [2.45, 2.75) is 27.2 Å². The number of rotatable bonds is 2. The molecule has 3 heteroatoms. The summed E-state index contributed by atoms with van der Waals surface area (Å²) < 4.78 is 5.95. The average molecular weight is 259 g/mol. The van der Waals surface area contributed by atoms with Crippen molar-refractivity contribution in [2.24, 2.45) is 5.92 Å². The number of hydrogen-bond acceptors (Lipinski definition) is 2. The zero-order valence-corrected chi connectivity index (χ0v) is 10.3. The summed E-state index contributed by atoms with van der Waals surface area (Å²) >= 11 is 3.44. The molecule has 0 N–H and O–H groups in total. The van der Waals surface area contributed by atoms with Crippen molar-refractivity contribution in [3.05, 3.63) is 21.7 Å². The number of esters is 1. The first-order valence-corrected chi connectivity index (χ1v) is 5.60. The fraction of sp³-hybridized carbons (Fsp3) is 0.545. The van der Waals surface area contributed by atoms with Gasteiger partial charge in [0.25, 0.3) is 0 Å². The van der Waals surface area contributed by atoms with E-state index in [1.165, 1.54) is 0 Å². The van der Waals surface area contributed by atoms with Gasteiger partial charge in [0.1, 0.15) is 0 Å². The van der Waals surface area contributed by atoms with E-state index in [9.17, 15) is 4.79 Å². The molecule has 2 nitrogen and oxygen atoms in total. The fourth-order valence-electron chi connectivity index (χ4n) is 1.64. The second-order valence-electron chi connectivity index (χ2n) is 3.53. The highest BCUT2D eigenvalue weighted by Gasteiger charge is 2.22. The largest absolute Gasteiger partial charge is 0.462 e. The standard InChI is InChI=1S/C11H15BrO2/c1-4-14-11(13)10-8(3)5-7(2)6-9(10)12/h5,7H,4,6H2,1-3H3. The Morgan fingerprint density at radius 2 is 2.36 bits per heavy atom. The van der Waals surface area contributed by atoms with Gasteiger partial charge in [-0.2, -0.15) is 0 Å². The molecule has 14 heavy (non-hydrogen) atoms. The van der Waals surface area contributed by atoms with Crippen molar-refractivity contribution in [3.63, 3.8) is 0 Å². The first-order chi connectivity index (χ1) is 6.56. The van der Waals surface area contributed by atoms with Crippen molar-refractivity contribution in [3.8, 4) is 0 Å². The van der Waals surface area contributed by atoms with Crippen molar-refractivity contribution >= 4 is 21.9 Å². The lowest BCUT2D eigenvalue weighted by Crippen LogP contribution is -2.14. The fourth-order valence-corrected chi connectivity index (χ4v) is 2.63. The molecule has 0 saturated carbocycles. The number of carbonyl (C=O) groups is 1. The van der Waals surface area contributed by atoms with Crippen LogP contribution in [0.15, 0.2) is 21.7 Å². The highest BCUT2D eigenvalue weighted by molar-refractivity contribution is 9.11. The van der Waals surface area contributed by atoms with E-state index in [4.69, 9.17) is 4.74 Å². The molecule has 0 heterocycles. The lowest BCUT2D eigenvalue weighted by molar-refractivity contribution is -0.138. The Labute approximate surface area is 93.1 Å². The highest BCUT2D eigenvalue weighted by atomic mass is 79.9. The van der Waals surface area contributed by atoms with Crippen molar-refractivity contribution < 1.29 is 9.53 Å². The lowest BCUT2D eigenvalue weighted by atomic mass is 9.92. The van der Waals surface area contributed by atoms with Gasteiger partial charge in [0.15, 0.2) is 0 Å². The Morgan fingerprint density at radius 3 is 2.86 bits per heavy atom. The van der Waals surface area contributed by atoms with Crippen molar-refractivity contribution in [1.82, 2.24) is 0 Å². The van der Waals surface area contributed by atoms with E-state index in [0.29, 0.717) is 18.1 Å². The van der Waals surface area contributed by atoms with Gasteiger partial charge < -0.3 is 4.74 Å². The normalized spacial score (nSPS) is 22.0. The number of halogens is 1. The maximum absolute atomic E-state index is 11.6. The molecular formula is C11H15BrO2. The summed E-state index contributed by atoms with van der Waals surface area (Å²) in [5, 5.41) is 0. The molecule has 0 bridgehead atoms. The summed E-state index contributed by atoms with van der Waals surface area (Å²) in [4.78, 5) is 11.6. The van der Waals surface area contributed by atoms with Crippen LogP contribution in [0.3, 0.4) is 0 Å². The lowest BCUT2D eigenvalue weighted by Gasteiger charge is -2.18. The maximum atomic E-state index is 11.6. The van der Waals surface area contributed by atoms with Crippen LogP contribution >= 0.6 is 15.9 Å². The molecule has 0 aliphatic heterocycles. The van der Waals surface area contributed by atoms with Crippen LogP contribution in [0, 0.1) is 5.92 Å². The van der Waals surface area contributed by atoms with Gasteiger partial charge in [-0.05, 0) is 31.8 Å². The van der Waals surface area contributed by atoms with Crippen LogP contribution in [0.25, 0.3) is 0 Å². The average Bonchev–Trinajstić information content (AvgIpc) is 2.01. The molecule has 0 fully saturated rings. The molecule has 1 atom stereocenters. The Balaban J connectivity index is 2.91. The zero-order chi connectivity index (χ0) is 10.7. The second-order valence-corrected chi connectivity index (χ2v) is 4.49. The van der Waals surface area contributed by atoms with E-state index in [1.54, 1.807) is 0 Å². The Morgan fingerprint density at radius 1 is 1.71 bits per heavy atom. The highest BCUT2D eigenvalue weighted by Crippen LogP contribution is 2.32. The minimum Gasteiger partial charge on any atom is -0.462 e. The molecule has 1 aliphatic rings. The van der Waals surface area contributed by atoms with Gasteiger partial charge in [-0.25, -0.2) is 4.79 Å². The molecule has 0 radical (unpaired) electrons. The van der Waals surface area contributed by atoms with Gasteiger partial charge in [-0.1, -0.05) is 28.9 Å². The van der Waals surface area contributed by atoms with Gasteiger partial charge in [0.2, 0.25) is 0 Å². The Hall–Kier alpha value is -0.570. The van der Waals surface area contributed by atoms with E-state index >= 15 is 0 Å². The Bertz CT molecular complexity index is 302. The summed E-state index contributed by atoms with van der Waals surface area (Å²) in [6.07, 6.45) is 2.99. The SMILES string of the molecule is CCOC(=O)C1=C(Br)CC(C)C=C1C. The van der Waals surface area contributed by atoms with Crippen LogP contribution in [0.2, 0.25) is 0 Å². The van der Waals surface area contributed by atoms with E-state index in [-0.39, 0.29) is 5.97 Å². The topological polar surface area (TPSA) is 26.3 Å². The van der Waals surface area contributed by atoms with E-state index in [1.807, 2.05) is 13.8 Å². The van der Waals surface area contributed by atoms with Crippen LogP contribution in [0.5, 0.6) is 0 Å². The van der Waals surface area contributed by atoms with Gasteiger partial charge in [-0.3, -0.25) is 0 Å². The third kappa shape index (κ3) is 2.47. The summed E-state index contributed by atoms with van der Waals surface area (Å²) in [5.74, 6) is 0.266. The quantitative estimate of drug-likeness (QED) is 0.712. The maximum Gasteiger partial charge on any atom is 0.339 e. The zero-order valence-electron chi connectivity index (χ0n) is 8.76. The monoisotopic (exact) mass is 258 g/mol. The smallest absolute Gasteiger partial charge is 0.339 e. The third-order valence-electron chi connectivity index (χ3n) is 2.18. The molecule has 0 amide bonds. The van der Waals surface area contributed by atoms with Gasteiger partial charge >= 0.3 is 5.97 Å². The Kier molecular flexibility index (Phi) is 3.93. The van der Waals surface area contributed by atoms with E-state index in [0.717, 1.165) is 16.5 Å². The molecule has 1 unspecified atom stereocenters. The van der Waals surface area contributed by atoms with E-state index < -0.39 is 0 Å². The van der Waals surface area contributed by atoms with Crippen molar-refractivity contribution in [2.75, 3.05) is 6.61 Å². The summed E-state index contributed by atoms with van der Waals surface area (Å²) in [5.41, 5.74) is 1.71. The molecule has 0 spiro atoms. The van der Waals surface area contributed by atoms with Crippen LogP contribution in [0.1, 0.15) is 27.2 Å². The summed E-state index contributed by atoms with van der Waals surface area (Å²) in [6.45, 7) is 6.32. The summed E-state index contributed by atoms with van der Waals surface area (Å²) in [6, 6.07) is 0. The molecule has 0 aromatic heterocycles. The van der Waals surface area contributed by atoms with Gasteiger partial charge in [0, 0.05) is 4.48 Å². The minimum atomic E-state index is -0.222. The van der Waals surface area contributed by atoms with E-state index in [2.05, 4.69) is 28.9 Å². The predicted molar refractivity (Wildman–Crippen MR) is 60.1 cm³/mol. The predicted octanol–water partition coefficient (Wildman–Crippen LogP) is 3.18.